The largest absolute Gasteiger partial charge is 0.398 e. The van der Waals surface area contributed by atoms with Gasteiger partial charge < -0.3 is 5.73 Å². The number of nitro groups is 1. The molecule has 0 saturated heterocycles. The number of hydrogen-bond donors (Lipinski definition) is 1. The van der Waals surface area contributed by atoms with Crippen LogP contribution >= 0.6 is 0 Å². The number of pyridine rings is 2. The van der Waals surface area contributed by atoms with Crippen molar-refractivity contribution in [1.82, 2.24) is 4.98 Å². The lowest BCUT2D eigenvalue weighted by atomic mass is 10.4. The zero-order valence-electron chi connectivity index (χ0n) is 8.69. The Morgan fingerprint density at radius 3 is 2.53 bits per heavy atom. The van der Waals surface area contributed by atoms with E-state index in [1.54, 1.807) is 24.5 Å². The fourth-order valence-electron chi connectivity index (χ4n) is 1.13. The monoisotopic (exact) mass is 233 g/mol. The molecule has 0 aliphatic heterocycles. The van der Waals surface area contributed by atoms with E-state index in [9.17, 15) is 10.1 Å². The Bertz CT molecular complexity index is 524. The van der Waals surface area contributed by atoms with Gasteiger partial charge in [0.15, 0.2) is 0 Å². The first-order valence-electron chi connectivity index (χ1n) is 4.71. The molecule has 2 rings (SSSR count). The minimum atomic E-state index is -0.521. The van der Waals surface area contributed by atoms with E-state index in [0.717, 1.165) is 6.20 Å². The van der Waals surface area contributed by atoms with Gasteiger partial charge in [-0.15, -0.1) is 0 Å². The van der Waals surface area contributed by atoms with E-state index in [2.05, 4.69) is 4.98 Å². The molecule has 0 amide bonds. The number of nitrogens with two attached hydrogens (primary N) is 1. The van der Waals surface area contributed by atoms with E-state index < -0.39 is 4.92 Å². The second kappa shape index (κ2) is 4.44. The molecule has 2 heterocycles. The highest BCUT2D eigenvalue weighted by atomic mass is 16.7. The van der Waals surface area contributed by atoms with Crippen molar-refractivity contribution in [2.45, 2.75) is 0 Å². The third kappa shape index (κ3) is 2.65. The molecule has 0 aliphatic carbocycles. The molecule has 0 unspecified atom stereocenters. The molecule has 0 aromatic carbocycles. The van der Waals surface area contributed by atoms with E-state index in [-0.39, 0.29) is 11.6 Å². The first-order chi connectivity index (χ1) is 8.15. The molecule has 17 heavy (non-hydrogen) atoms. The second-order valence-electron chi connectivity index (χ2n) is 3.19. The van der Waals surface area contributed by atoms with Gasteiger partial charge in [-0.25, -0.2) is 9.82 Å². The molecule has 0 fully saturated rings. The third-order valence-corrected chi connectivity index (χ3v) is 1.96. The Morgan fingerprint density at radius 1 is 1.29 bits per heavy atom. The first-order valence-corrected chi connectivity index (χ1v) is 4.71. The normalized spacial score (nSPS) is 9.88. The van der Waals surface area contributed by atoms with Gasteiger partial charge >= 0.3 is 0 Å². The zero-order chi connectivity index (χ0) is 12.3. The van der Waals surface area contributed by atoms with Crippen molar-refractivity contribution in [3.8, 4) is 5.88 Å². The number of rotatable bonds is 3. The van der Waals surface area contributed by atoms with Gasteiger partial charge in [-0.2, -0.15) is 0 Å². The lowest BCUT2D eigenvalue weighted by Gasteiger charge is -1.96. The van der Waals surface area contributed by atoms with E-state index in [1.807, 2.05) is 0 Å². The van der Waals surface area contributed by atoms with Gasteiger partial charge in [-0.3, -0.25) is 10.1 Å². The molecule has 7 heteroatoms. The van der Waals surface area contributed by atoms with Gasteiger partial charge in [-0.05, 0) is 0 Å². The number of nitrogen functional groups attached to an aromatic ring is 1. The van der Waals surface area contributed by atoms with Crippen molar-refractivity contribution < 1.29 is 14.5 Å². The SMILES string of the molecule is Nc1cc[n+](Oc2ccc([N+](=O)[O-])cn2)cc1. The summed E-state index contributed by atoms with van der Waals surface area (Å²) < 4.78 is 1.39. The highest BCUT2D eigenvalue weighted by Gasteiger charge is 2.09. The lowest BCUT2D eigenvalue weighted by molar-refractivity contribution is -0.875. The lowest BCUT2D eigenvalue weighted by Crippen LogP contribution is -2.38. The van der Waals surface area contributed by atoms with Gasteiger partial charge in [-0.1, -0.05) is 0 Å². The molecule has 86 valence electrons. The van der Waals surface area contributed by atoms with Crippen LogP contribution in [0, 0.1) is 10.1 Å². The second-order valence-corrected chi connectivity index (χ2v) is 3.19. The molecule has 2 aromatic heterocycles. The molecule has 0 atom stereocenters. The summed E-state index contributed by atoms with van der Waals surface area (Å²) in [4.78, 5) is 19.0. The molecule has 2 aromatic rings. The van der Waals surface area contributed by atoms with Crippen molar-refractivity contribution in [2.75, 3.05) is 5.73 Å². The highest BCUT2D eigenvalue weighted by molar-refractivity contribution is 5.32. The van der Waals surface area contributed by atoms with Crippen LogP contribution in [0.4, 0.5) is 11.4 Å². The molecule has 0 bridgehead atoms. The number of aromatic nitrogens is 2. The molecule has 2 N–H and O–H groups in total. The number of anilines is 1. The van der Waals surface area contributed by atoms with E-state index in [0.29, 0.717) is 5.69 Å². The van der Waals surface area contributed by atoms with Crippen molar-refractivity contribution in [2.24, 2.45) is 0 Å². The van der Waals surface area contributed by atoms with Crippen LogP contribution in [0.3, 0.4) is 0 Å². The first kappa shape index (κ1) is 10.8. The number of hydrogen-bond acceptors (Lipinski definition) is 5. The molecule has 0 aliphatic rings. The summed E-state index contributed by atoms with van der Waals surface area (Å²) in [5.74, 6) is 0.255. The molecule has 0 spiro atoms. The van der Waals surface area contributed by atoms with E-state index in [4.69, 9.17) is 10.6 Å². The maximum absolute atomic E-state index is 10.4. The minimum absolute atomic E-state index is 0.0837. The Morgan fingerprint density at radius 2 is 2.00 bits per heavy atom. The van der Waals surface area contributed by atoms with Crippen molar-refractivity contribution in [3.63, 3.8) is 0 Å². The van der Waals surface area contributed by atoms with Gasteiger partial charge in [0.2, 0.25) is 12.4 Å². The van der Waals surface area contributed by atoms with Gasteiger partial charge in [0, 0.05) is 34.7 Å². The molecule has 0 saturated carbocycles. The minimum Gasteiger partial charge on any atom is -0.398 e. The van der Waals surface area contributed by atoms with Crippen LogP contribution in [-0.2, 0) is 0 Å². The summed E-state index contributed by atoms with van der Waals surface area (Å²) in [6.45, 7) is 0. The van der Waals surface area contributed by atoms with Gasteiger partial charge in [0.05, 0.1) is 4.92 Å². The zero-order valence-corrected chi connectivity index (χ0v) is 8.69. The van der Waals surface area contributed by atoms with Crippen LogP contribution in [0.15, 0.2) is 42.9 Å². The highest BCUT2D eigenvalue weighted by Crippen LogP contribution is 2.12. The maximum atomic E-state index is 10.4. The summed E-state index contributed by atoms with van der Waals surface area (Å²) in [5.41, 5.74) is 6.04. The predicted molar refractivity (Wildman–Crippen MR) is 58.0 cm³/mol. The van der Waals surface area contributed by atoms with Crippen LogP contribution in [0.2, 0.25) is 0 Å². The maximum Gasteiger partial charge on any atom is 0.295 e. The smallest absolute Gasteiger partial charge is 0.295 e. The van der Waals surface area contributed by atoms with Crippen LogP contribution in [0.5, 0.6) is 5.88 Å². The third-order valence-electron chi connectivity index (χ3n) is 1.96. The molecule has 0 radical (unpaired) electrons. The topological polar surface area (TPSA) is 95.2 Å². The van der Waals surface area contributed by atoms with Gasteiger partial charge in [0.25, 0.3) is 11.6 Å². The average Bonchev–Trinajstić information content (AvgIpc) is 2.33. The van der Waals surface area contributed by atoms with Gasteiger partial charge in [0.1, 0.15) is 6.20 Å². The van der Waals surface area contributed by atoms with Crippen LogP contribution in [0.1, 0.15) is 0 Å². The van der Waals surface area contributed by atoms with Crippen LogP contribution < -0.4 is 15.3 Å². The van der Waals surface area contributed by atoms with Crippen molar-refractivity contribution in [1.29, 1.82) is 0 Å². The quantitative estimate of drug-likeness (QED) is 0.478. The van der Waals surface area contributed by atoms with Crippen LogP contribution in [-0.4, -0.2) is 9.91 Å². The summed E-state index contributed by atoms with van der Waals surface area (Å²) >= 11 is 0. The summed E-state index contributed by atoms with van der Waals surface area (Å²) in [5, 5.41) is 10.4. The Hall–Kier alpha value is -2.70. The summed E-state index contributed by atoms with van der Waals surface area (Å²) in [6, 6.07) is 6.05. The van der Waals surface area contributed by atoms with E-state index in [1.165, 1.54) is 16.9 Å². The summed E-state index contributed by atoms with van der Waals surface area (Å²) in [6.07, 6.45) is 4.35. The Balaban J connectivity index is 2.13. The van der Waals surface area contributed by atoms with Crippen LogP contribution in [0.25, 0.3) is 0 Å². The number of nitrogens with zero attached hydrogens (tertiary/aromatic N) is 3. The molecule has 7 nitrogen and oxygen atoms in total. The average molecular weight is 233 g/mol. The standard InChI is InChI=1S/C10H8N4O3/c11-8-3-5-13(6-4-8)17-10-2-1-9(7-12-10)14(15)16/h1-7,11H/p+1. The van der Waals surface area contributed by atoms with Crippen molar-refractivity contribution in [3.05, 3.63) is 53.0 Å². The fraction of sp³-hybridized carbons (Fsp3) is 0. The predicted octanol–water partition coefficient (Wildman–Crippen LogP) is 0.702. The fourth-order valence-corrected chi connectivity index (χ4v) is 1.13. The molecular weight excluding hydrogens is 224 g/mol. The Kier molecular flexibility index (Phi) is 2.82. The van der Waals surface area contributed by atoms with Crippen molar-refractivity contribution >= 4 is 11.4 Å². The summed E-state index contributed by atoms with van der Waals surface area (Å²) in [7, 11) is 0. The Labute approximate surface area is 96.2 Å². The van der Waals surface area contributed by atoms with E-state index >= 15 is 0 Å². The molecular formula is C10H9N4O3+.